The van der Waals surface area contributed by atoms with Crippen molar-refractivity contribution in [2.45, 2.75) is 25.2 Å². The van der Waals surface area contributed by atoms with Crippen LogP contribution in [0.25, 0.3) is 0 Å². The van der Waals surface area contributed by atoms with Gasteiger partial charge < -0.3 is 10.1 Å². The van der Waals surface area contributed by atoms with E-state index in [-0.39, 0.29) is 22.1 Å². The van der Waals surface area contributed by atoms with Crippen LogP contribution in [0.5, 0.6) is 0 Å². The van der Waals surface area contributed by atoms with Gasteiger partial charge in [-0.05, 0) is 42.7 Å². The number of sulfonamides is 1. The average Bonchev–Trinajstić information content (AvgIpc) is 2.66. The molecule has 0 saturated heterocycles. The summed E-state index contributed by atoms with van der Waals surface area (Å²) in [6.07, 6.45) is 0.658. The monoisotopic (exact) mass is 408 g/mol. The van der Waals surface area contributed by atoms with Gasteiger partial charge in [-0.15, -0.1) is 0 Å². The first kappa shape index (κ1) is 21.8. The van der Waals surface area contributed by atoms with E-state index in [2.05, 4.69) is 23.9 Å². The first-order valence-electron chi connectivity index (χ1n) is 9.03. The molecule has 0 unspecified atom stereocenters. The molecule has 0 aromatic heterocycles. The Balaban J connectivity index is 1.97. The average molecular weight is 408 g/mol. The third kappa shape index (κ3) is 6.61. The SMILES string of the molecule is CC(C)COCCCNC(=O)c1cccc(S(=O)(=O)Nc2ccccc2F)c1. The van der Waals surface area contributed by atoms with Crippen molar-refractivity contribution < 1.29 is 22.3 Å². The van der Waals surface area contributed by atoms with Crippen LogP contribution >= 0.6 is 0 Å². The van der Waals surface area contributed by atoms with E-state index in [1.165, 1.54) is 42.5 Å². The van der Waals surface area contributed by atoms with Crippen LogP contribution in [0.15, 0.2) is 53.4 Å². The molecular weight excluding hydrogens is 383 g/mol. The van der Waals surface area contributed by atoms with Crippen LogP contribution in [0.1, 0.15) is 30.6 Å². The first-order chi connectivity index (χ1) is 13.3. The fraction of sp³-hybridized carbons (Fsp3) is 0.350. The molecule has 8 heteroatoms. The number of halogens is 1. The molecule has 0 radical (unpaired) electrons. The topological polar surface area (TPSA) is 84.5 Å². The number of carbonyl (C=O) groups is 1. The van der Waals surface area contributed by atoms with E-state index >= 15 is 0 Å². The van der Waals surface area contributed by atoms with Gasteiger partial charge in [0.15, 0.2) is 0 Å². The second-order valence-electron chi connectivity index (χ2n) is 6.69. The summed E-state index contributed by atoms with van der Waals surface area (Å²) in [6.45, 7) is 5.75. The number of hydrogen-bond acceptors (Lipinski definition) is 4. The zero-order valence-electron chi connectivity index (χ0n) is 15.9. The molecule has 2 aromatic rings. The Morgan fingerprint density at radius 1 is 1.14 bits per heavy atom. The molecule has 0 aliphatic heterocycles. The molecule has 0 saturated carbocycles. The van der Waals surface area contributed by atoms with Crippen molar-refractivity contribution in [1.29, 1.82) is 0 Å². The normalized spacial score (nSPS) is 11.4. The number of rotatable bonds is 10. The highest BCUT2D eigenvalue weighted by Crippen LogP contribution is 2.19. The van der Waals surface area contributed by atoms with Gasteiger partial charge in [0, 0.05) is 25.3 Å². The van der Waals surface area contributed by atoms with Gasteiger partial charge in [-0.3, -0.25) is 9.52 Å². The summed E-state index contributed by atoms with van der Waals surface area (Å²) >= 11 is 0. The van der Waals surface area contributed by atoms with Crippen LogP contribution in [0.3, 0.4) is 0 Å². The fourth-order valence-electron chi connectivity index (χ4n) is 2.35. The van der Waals surface area contributed by atoms with Crippen LogP contribution in [-0.2, 0) is 14.8 Å². The summed E-state index contributed by atoms with van der Waals surface area (Å²) in [4.78, 5) is 12.1. The molecule has 2 rings (SSSR count). The number of benzene rings is 2. The van der Waals surface area contributed by atoms with Gasteiger partial charge in [0.25, 0.3) is 15.9 Å². The number of para-hydroxylation sites is 1. The molecule has 0 fully saturated rings. The molecule has 0 aliphatic carbocycles. The van der Waals surface area contributed by atoms with Crippen molar-refractivity contribution >= 4 is 21.6 Å². The zero-order valence-corrected chi connectivity index (χ0v) is 16.8. The number of nitrogens with one attached hydrogen (secondary N) is 2. The Bertz CT molecular complexity index is 901. The van der Waals surface area contributed by atoms with Crippen molar-refractivity contribution in [3.05, 3.63) is 59.9 Å². The first-order valence-corrected chi connectivity index (χ1v) is 10.5. The lowest BCUT2D eigenvalue weighted by atomic mass is 10.2. The van der Waals surface area contributed by atoms with Crippen molar-refractivity contribution in [3.63, 3.8) is 0 Å². The molecule has 2 aromatic carbocycles. The largest absolute Gasteiger partial charge is 0.381 e. The summed E-state index contributed by atoms with van der Waals surface area (Å²) in [5.41, 5.74) is 0.0539. The number of hydrogen-bond donors (Lipinski definition) is 2. The Hall–Kier alpha value is -2.45. The molecule has 1 amide bonds. The molecule has 6 nitrogen and oxygen atoms in total. The molecular formula is C20H25FN2O4S. The third-order valence-electron chi connectivity index (χ3n) is 3.73. The van der Waals surface area contributed by atoms with Crippen molar-refractivity contribution in [1.82, 2.24) is 5.32 Å². The molecule has 2 N–H and O–H groups in total. The summed E-state index contributed by atoms with van der Waals surface area (Å²) in [5, 5.41) is 2.73. The van der Waals surface area contributed by atoms with Gasteiger partial charge in [-0.1, -0.05) is 32.0 Å². The van der Waals surface area contributed by atoms with E-state index in [0.717, 1.165) is 6.07 Å². The molecule has 0 bridgehead atoms. The molecule has 28 heavy (non-hydrogen) atoms. The van der Waals surface area contributed by atoms with Gasteiger partial charge in [0.1, 0.15) is 5.82 Å². The minimum absolute atomic E-state index is 0.122. The minimum Gasteiger partial charge on any atom is -0.381 e. The standard InChI is InChI=1S/C20H25FN2O4S/c1-15(2)14-27-12-6-11-22-20(24)16-7-5-8-17(13-16)28(25,26)23-19-10-4-3-9-18(19)21/h3-5,7-10,13,15,23H,6,11-12,14H2,1-2H3,(H,22,24). The van der Waals surface area contributed by atoms with Crippen molar-refractivity contribution in [2.75, 3.05) is 24.5 Å². The Labute approximate surface area is 165 Å². The van der Waals surface area contributed by atoms with Gasteiger partial charge in [-0.2, -0.15) is 0 Å². The predicted molar refractivity (Wildman–Crippen MR) is 106 cm³/mol. The summed E-state index contributed by atoms with van der Waals surface area (Å²) in [5.74, 6) is -0.608. The minimum atomic E-state index is -4.02. The van der Waals surface area contributed by atoms with Gasteiger partial charge in [0.2, 0.25) is 0 Å². The van der Waals surface area contributed by atoms with Crippen LogP contribution in [0.4, 0.5) is 10.1 Å². The van der Waals surface area contributed by atoms with E-state index in [1.54, 1.807) is 0 Å². The van der Waals surface area contributed by atoms with Gasteiger partial charge >= 0.3 is 0 Å². The van der Waals surface area contributed by atoms with E-state index in [1.807, 2.05) is 0 Å². The second kappa shape index (κ2) is 10.2. The summed E-state index contributed by atoms with van der Waals surface area (Å²) in [6, 6.07) is 11.1. The lowest BCUT2D eigenvalue weighted by molar-refractivity contribution is 0.0924. The van der Waals surface area contributed by atoms with Crippen molar-refractivity contribution in [3.8, 4) is 0 Å². The van der Waals surface area contributed by atoms with Crippen molar-refractivity contribution in [2.24, 2.45) is 5.92 Å². The molecule has 152 valence electrons. The highest BCUT2D eigenvalue weighted by atomic mass is 32.2. The maximum absolute atomic E-state index is 13.7. The molecule has 0 atom stereocenters. The van der Waals surface area contributed by atoms with Crippen LogP contribution < -0.4 is 10.0 Å². The smallest absolute Gasteiger partial charge is 0.262 e. The maximum Gasteiger partial charge on any atom is 0.262 e. The molecule has 0 spiro atoms. The molecule has 0 heterocycles. The van der Waals surface area contributed by atoms with E-state index in [9.17, 15) is 17.6 Å². The third-order valence-corrected chi connectivity index (χ3v) is 5.09. The van der Waals surface area contributed by atoms with Gasteiger partial charge in [-0.25, -0.2) is 12.8 Å². The highest BCUT2D eigenvalue weighted by Gasteiger charge is 2.18. The second-order valence-corrected chi connectivity index (χ2v) is 8.37. The molecule has 0 aliphatic rings. The lowest BCUT2D eigenvalue weighted by Crippen LogP contribution is -2.25. The zero-order chi connectivity index (χ0) is 20.6. The number of ether oxygens (including phenoxy) is 1. The van der Waals surface area contributed by atoms with Crippen LogP contribution in [-0.4, -0.2) is 34.1 Å². The fourth-order valence-corrected chi connectivity index (χ4v) is 3.46. The van der Waals surface area contributed by atoms with Crippen LogP contribution in [0.2, 0.25) is 0 Å². The number of carbonyl (C=O) groups excluding carboxylic acids is 1. The summed E-state index contributed by atoms with van der Waals surface area (Å²) < 4.78 is 46.3. The Morgan fingerprint density at radius 3 is 2.61 bits per heavy atom. The van der Waals surface area contributed by atoms with E-state index < -0.39 is 15.8 Å². The Kier molecular flexibility index (Phi) is 7.95. The van der Waals surface area contributed by atoms with E-state index in [4.69, 9.17) is 4.74 Å². The van der Waals surface area contributed by atoms with Gasteiger partial charge in [0.05, 0.1) is 10.6 Å². The van der Waals surface area contributed by atoms with Crippen LogP contribution in [0, 0.1) is 11.7 Å². The Morgan fingerprint density at radius 2 is 1.89 bits per heavy atom. The lowest BCUT2D eigenvalue weighted by Gasteiger charge is -2.11. The predicted octanol–water partition coefficient (Wildman–Crippen LogP) is 3.42. The quantitative estimate of drug-likeness (QED) is 0.590. The van der Waals surface area contributed by atoms with E-state index in [0.29, 0.717) is 32.1 Å². The highest BCUT2D eigenvalue weighted by molar-refractivity contribution is 7.92. The summed E-state index contributed by atoms with van der Waals surface area (Å²) in [7, 11) is -4.02. The number of amides is 1. The number of anilines is 1. The maximum atomic E-state index is 13.7.